The third-order valence-corrected chi connectivity index (χ3v) is 3.77. The zero-order chi connectivity index (χ0) is 19.3. The molecule has 1 N–H and O–H groups in total. The Morgan fingerprint density at radius 1 is 1.19 bits per heavy atom. The molecule has 0 radical (unpaired) electrons. The Balaban J connectivity index is 1.97. The monoisotopic (exact) mass is 358 g/mol. The maximum absolute atomic E-state index is 12.3. The zero-order valence-corrected chi connectivity index (χ0v) is 15.3. The summed E-state index contributed by atoms with van der Waals surface area (Å²) in [6, 6.07) is 6.76. The van der Waals surface area contributed by atoms with Crippen LogP contribution in [0, 0.1) is 6.92 Å². The van der Waals surface area contributed by atoms with Crippen LogP contribution in [0.2, 0.25) is 0 Å². The van der Waals surface area contributed by atoms with E-state index < -0.39 is 5.97 Å². The van der Waals surface area contributed by atoms with Crippen molar-refractivity contribution in [3.8, 4) is 0 Å². The number of amides is 1. The number of nitrogens with zero attached hydrogens (tertiary/aromatic N) is 1. The molecule has 0 spiro atoms. The largest absolute Gasteiger partial charge is 0.454 e. The van der Waals surface area contributed by atoms with E-state index in [9.17, 15) is 14.4 Å². The van der Waals surface area contributed by atoms with Crippen LogP contribution in [0.5, 0.6) is 0 Å². The van der Waals surface area contributed by atoms with E-state index in [1.54, 1.807) is 31.2 Å². The Morgan fingerprint density at radius 3 is 2.42 bits per heavy atom. The van der Waals surface area contributed by atoms with Crippen molar-refractivity contribution in [2.24, 2.45) is 0 Å². The molecular formula is C19H22N2O5. The molecule has 0 saturated heterocycles. The summed E-state index contributed by atoms with van der Waals surface area (Å²) in [4.78, 5) is 35.4. The fraction of sp³-hybridized carbons (Fsp3) is 0.368. The van der Waals surface area contributed by atoms with E-state index in [-0.39, 0.29) is 29.8 Å². The lowest BCUT2D eigenvalue weighted by atomic mass is 10.1. The highest BCUT2D eigenvalue weighted by atomic mass is 16.5. The lowest BCUT2D eigenvalue weighted by molar-refractivity contribution is -0.119. The SMILES string of the molecule is CC(=O)NCc1ccc(C(=O)COC(=O)c2c(C)noc2C(C)C)cc1. The van der Waals surface area contributed by atoms with Crippen LogP contribution in [0.15, 0.2) is 28.8 Å². The molecule has 0 atom stereocenters. The van der Waals surface area contributed by atoms with Crippen LogP contribution in [0.25, 0.3) is 0 Å². The molecule has 7 nitrogen and oxygen atoms in total. The Bertz CT molecular complexity index is 806. The number of aryl methyl sites for hydroxylation is 1. The van der Waals surface area contributed by atoms with E-state index >= 15 is 0 Å². The van der Waals surface area contributed by atoms with Gasteiger partial charge >= 0.3 is 5.97 Å². The van der Waals surface area contributed by atoms with Crippen LogP contribution in [-0.2, 0) is 16.1 Å². The third kappa shape index (κ3) is 4.78. The fourth-order valence-corrected chi connectivity index (χ4v) is 2.35. The number of esters is 1. The Kier molecular flexibility index (Phi) is 6.27. The minimum Gasteiger partial charge on any atom is -0.454 e. The van der Waals surface area contributed by atoms with Crippen LogP contribution < -0.4 is 5.32 Å². The summed E-state index contributed by atoms with van der Waals surface area (Å²) in [5.41, 5.74) is 2.01. The first-order valence-electron chi connectivity index (χ1n) is 8.29. The molecule has 0 bridgehead atoms. The lowest BCUT2D eigenvalue weighted by Gasteiger charge is -2.07. The summed E-state index contributed by atoms with van der Waals surface area (Å²) in [5, 5.41) is 6.47. The minimum atomic E-state index is -0.622. The van der Waals surface area contributed by atoms with Crippen molar-refractivity contribution < 1.29 is 23.6 Å². The molecular weight excluding hydrogens is 336 g/mol. The Hall–Kier alpha value is -2.96. The predicted octanol–water partition coefficient (Wildman–Crippen LogP) is 2.78. The van der Waals surface area contributed by atoms with E-state index in [2.05, 4.69) is 10.5 Å². The van der Waals surface area contributed by atoms with Crippen molar-refractivity contribution in [3.05, 3.63) is 52.4 Å². The molecule has 7 heteroatoms. The number of Topliss-reactive ketones (excluding diaryl/α,β-unsaturated/α-hetero) is 1. The highest BCUT2D eigenvalue weighted by Crippen LogP contribution is 2.23. The molecule has 0 fully saturated rings. The molecule has 1 aromatic heterocycles. The first kappa shape index (κ1) is 19.4. The second-order valence-electron chi connectivity index (χ2n) is 6.27. The number of nitrogens with one attached hydrogen (secondary N) is 1. The van der Waals surface area contributed by atoms with E-state index in [4.69, 9.17) is 9.26 Å². The molecule has 1 amide bonds. The van der Waals surface area contributed by atoms with Crippen LogP contribution in [0.4, 0.5) is 0 Å². The van der Waals surface area contributed by atoms with Crippen molar-refractivity contribution in [1.82, 2.24) is 10.5 Å². The summed E-state index contributed by atoms with van der Waals surface area (Å²) >= 11 is 0. The predicted molar refractivity (Wildman–Crippen MR) is 93.9 cm³/mol. The number of carbonyl (C=O) groups is 3. The van der Waals surface area contributed by atoms with E-state index in [1.807, 2.05) is 13.8 Å². The summed E-state index contributed by atoms with van der Waals surface area (Å²) in [5.74, 6) is -0.637. The average molecular weight is 358 g/mol. The van der Waals surface area contributed by atoms with Gasteiger partial charge in [-0.25, -0.2) is 4.79 Å². The van der Waals surface area contributed by atoms with Crippen molar-refractivity contribution >= 4 is 17.7 Å². The first-order valence-corrected chi connectivity index (χ1v) is 8.29. The van der Waals surface area contributed by atoms with Crippen molar-refractivity contribution in [2.75, 3.05) is 6.61 Å². The summed E-state index contributed by atoms with van der Waals surface area (Å²) < 4.78 is 10.3. The highest BCUT2D eigenvalue weighted by Gasteiger charge is 2.24. The smallest absolute Gasteiger partial charge is 0.344 e. The summed E-state index contributed by atoms with van der Waals surface area (Å²) in [6.07, 6.45) is 0. The summed E-state index contributed by atoms with van der Waals surface area (Å²) in [6.45, 7) is 6.88. The lowest BCUT2D eigenvalue weighted by Crippen LogP contribution is -2.19. The standard InChI is InChI=1S/C19H22N2O5/c1-11(2)18-17(12(3)21-26-18)19(24)25-10-16(23)15-7-5-14(6-8-15)9-20-13(4)22/h5-8,11H,9-10H2,1-4H3,(H,20,22). The maximum Gasteiger partial charge on any atom is 0.344 e. The molecule has 138 valence electrons. The van der Waals surface area contributed by atoms with Crippen molar-refractivity contribution in [3.63, 3.8) is 0 Å². The molecule has 1 heterocycles. The van der Waals surface area contributed by atoms with E-state index in [0.717, 1.165) is 5.56 Å². The number of benzene rings is 1. The maximum atomic E-state index is 12.3. The molecule has 1 aromatic carbocycles. The minimum absolute atomic E-state index is 0.0226. The topological polar surface area (TPSA) is 98.5 Å². The molecule has 26 heavy (non-hydrogen) atoms. The van der Waals surface area contributed by atoms with Gasteiger partial charge in [0.25, 0.3) is 0 Å². The van der Waals surface area contributed by atoms with Crippen LogP contribution in [0.3, 0.4) is 0 Å². The molecule has 0 unspecified atom stereocenters. The average Bonchev–Trinajstić information content (AvgIpc) is 3.00. The van der Waals surface area contributed by atoms with E-state index in [1.165, 1.54) is 6.92 Å². The Morgan fingerprint density at radius 2 is 1.85 bits per heavy atom. The molecule has 0 saturated carbocycles. The summed E-state index contributed by atoms with van der Waals surface area (Å²) in [7, 11) is 0. The van der Waals surface area contributed by atoms with Gasteiger partial charge in [-0.2, -0.15) is 0 Å². The second-order valence-corrected chi connectivity index (χ2v) is 6.27. The Labute approximate surface area is 151 Å². The fourth-order valence-electron chi connectivity index (χ4n) is 2.35. The van der Waals surface area contributed by atoms with Crippen molar-refractivity contribution in [2.45, 2.75) is 40.2 Å². The number of hydrogen-bond donors (Lipinski definition) is 1. The van der Waals surface area contributed by atoms with Crippen LogP contribution >= 0.6 is 0 Å². The van der Waals surface area contributed by atoms with Gasteiger partial charge in [0.1, 0.15) is 5.56 Å². The molecule has 0 aliphatic carbocycles. The van der Waals surface area contributed by atoms with Gasteiger partial charge in [-0.3, -0.25) is 9.59 Å². The quantitative estimate of drug-likeness (QED) is 0.604. The normalized spacial score (nSPS) is 10.7. The first-order chi connectivity index (χ1) is 12.3. The molecule has 0 aliphatic heterocycles. The van der Waals surface area contributed by atoms with E-state index in [0.29, 0.717) is 23.6 Å². The number of ether oxygens (including phenoxy) is 1. The third-order valence-electron chi connectivity index (χ3n) is 3.77. The number of hydrogen-bond acceptors (Lipinski definition) is 6. The van der Waals surface area contributed by atoms with Crippen LogP contribution in [-0.4, -0.2) is 29.4 Å². The number of ketones is 1. The van der Waals surface area contributed by atoms with Gasteiger partial charge in [0, 0.05) is 24.9 Å². The second kappa shape index (κ2) is 8.42. The molecule has 2 aromatic rings. The van der Waals surface area contributed by atoms with Crippen molar-refractivity contribution in [1.29, 1.82) is 0 Å². The number of carbonyl (C=O) groups excluding carboxylic acids is 3. The van der Waals surface area contributed by atoms with Gasteiger partial charge in [-0.15, -0.1) is 0 Å². The molecule has 2 rings (SSSR count). The molecule has 0 aliphatic rings. The van der Waals surface area contributed by atoms with Gasteiger partial charge in [0.2, 0.25) is 5.91 Å². The van der Waals surface area contributed by atoms with Gasteiger partial charge in [-0.1, -0.05) is 43.3 Å². The highest BCUT2D eigenvalue weighted by molar-refractivity contribution is 5.99. The number of rotatable bonds is 7. The van der Waals surface area contributed by atoms with Crippen LogP contribution in [0.1, 0.15) is 64.4 Å². The van der Waals surface area contributed by atoms with Gasteiger partial charge in [0.05, 0.1) is 5.69 Å². The number of aromatic nitrogens is 1. The van der Waals surface area contributed by atoms with Gasteiger partial charge in [0.15, 0.2) is 18.2 Å². The zero-order valence-electron chi connectivity index (χ0n) is 15.3. The van der Waals surface area contributed by atoms with Gasteiger partial charge in [-0.05, 0) is 12.5 Å². The van der Waals surface area contributed by atoms with Gasteiger partial charge < -0.3 is 14.6 Å².